The number of furan rings is 1. The smallest absolute Gasteiger partial charge is 0.341 e. The summed E-state index contributed by atoms with van der Waals surface area (Å²) >= 11 is 0. The Morgan fingerprint density at radius 2 is 2.21 bits per heavy atom. The van der Waals surface area contributed by atoms with E-state index in [0.717, 1.165) is 18.6 Å². The van der Waals surface area contributed by atoms with Crippen molar-refractivity contribution in [2.24, 2.45) is 0 Å². The highest BCUT2D eigenvalue weighted by Crippen LogP contribution is 2.14. The molecule has 0 aromatic carbocycles. The summed E-state index contributed by atoms with van der Waals surface area (Å²) in [5.41, 5.74) is 0.540. The summed E-state index contributed by atoms with van der Waals surface area (Å²) in [5, 5.41) is 0. The zero-order chi connectivity index (χ0) is 10.6. The van der Waals surface area contributed by atoms with Crippen LogP contribution in [0.2, 0.25) is 0 Å². The van der Waals surface area contributed by atoms with Gasteiger partial charge in [-0.3, -0.25) is 0 Å². The molecule has 0 N–H and O–H groups in total. The average Bonchev–Trinajstić information content (AvgIpc) is 2.45. The normalized spacial score (nSPS) is 10.2. The third-order valence-corrected chi connectivity index (χ3v) is 1.99. The van der Waals surface area contributed by atoms with Gasteiger partial charge in [-0.15, -0.1) is 0 Å². The first-order valence-corrected chi connectivity index (χ1v) is 4.89. The van der Waals surface area contributed by atoms with Gasteiger partial charge in [0.25, 0.3) is 0 Å². The minimum absolute atomic E-state index is 0.284. The molecular weight excluding hydrogens is 180 g/mol. The van der Waals surface area contributed by atoms with Gasteiger partial charge in [-0.25, -0.2) is 4.79 Å². The molecule has 0 amide bonds. The van der Waals surface area contributed by atoms with Crippen molar-refractivity contribution in [2.75, 3.05) is 6.61 Å². The van der Waals surface area contributed by atoms with E-state index in [-0.39, 0.29) is 5.97 Å². The van der Waals surface area contributed by atoms with Crippen LogP contribution in [0.3, 0.4) is 0 Å². The first-order valence-electron chi connectivity index (χ1n) is 4.89. The second-order valence-corrected chi connectivity index (χ2v) is 3.32. The molecule has 0 spiro atoms. The molecule has 1 aromatic rings. The highest BCUT2D eigenvalue weighted by atomic mass is 16.5. The van der Waals surface area contributed by atoms with E-state index < -0.39 is 0 Å². The fourth-order valence-corrected chi connectivity index (χ4v) is 1.22. The van der Waals surface area contributed by atoms with Crippen LogP contribution in [0.4, 0.5) is 0 Å². The summed E-state index contributed by atoms with van der Waals surface area (Å²) in [6.45, 7) is 6.12. The van der Waals surface area contributed by atoms with E-state index in [1.165, 1.54) is 0 Å². The maximum atomic E-state index is 11.5. The molecule has 0 aliphatic heterocycles. The molecule has 78 valence electrons. The number of ether oxygens (including phenoxy) is 1. The van der Waals surface area contributed by atoms with Crippen LogP contribution in [0.1, 0.15) is 41.6 Å². The molecule has 0 fully saturated rings. The fourth-order valence-electron chi connectivity index (χ4n) is 1.22. The van der Waals surface area contributed by atoms with Crippen LogP contribution in [0.15, 0.2) is 10.5 Å². The number of carbonyl (C=O) groups excluding carboxylic acids is 1. The number of hydrogen-bond acceptors (Lipinski definition) is 3. The molecular formula is C11H16O3. The van der Waals surface area contributed by atoms with Gasteiger partial charge < -0.3 is 9.15 Å². The van der Waals surface area contributed by atoms with E-state index in [1.807, 2.05) is 6.92 Å². The van der Waals surface area contributed by atoms with Gasteiger partial charge in [-0.1, -0.05) is 13.3 Å². The van der Waals surface area contributed by atoms with Crippen LogP contribution in [0.5, 0.6) is 0 Å². The van der Waals surface area contributed by atoms with Crippen molar-refractivity contribution in [1.29, 1.82) is 0 Å². The van der Waals surface area contributed by atoms with Gasteiger partial charge in [-0.05, 0) is 26.3 Å². The van der Waals surface area contributed by atoms with Crippen molar-refractivity contribution in [1.82, 2.24) is 0 Å². The summed E-state index contributed by atoms with van der Waals surface area (Å²) in [6.07, 6.45) is 1.93. The molecule has 1 rings (SSSR count). The molecule has 1 heterocycles. The molecule has 3 nitrogen and oxygen atoms in total. The Kier molecular flexibility index (Phi) is 3.74. The summed E-state index contributed by atoms with van der Waals surface area (Å²) in [7, 11) is 0. The van der Waals surface area contributed by atoms with Gasteiger partial charge in [0.15, 0.2) is 0 Å². The van der Waals surface area contributed by atoms with E-state index in [9.17, 15) is 4.79 Å². The number of unbranched alkanes of at least 4 members (excludes halogenated alkanes) is 1. The molecule has 3 heteroatoms. The molecule has 0 unspecified atom stereocenters. The third kappa shape index (κ3) is 2.62. The monoisotopic (exact) mass is 196 g/mol. The number of esters is 1. The SMILES string of the molecule is CCCCOC(=O)c1cc(C)oc1C. The number of hydrogen-bond donors (Lipinski definition) is 0. The highest BCUT2D eigenvalue weighted by molar-refractivity contribution is 5.90. The molecule has 0 atom stereocenters. The van der Waals surface area contributed by atoms with Crippen molar-refractivity contribution in [3.63, 3.8) is 0 Å². The largest absolute Gasteiger partial charge is 0.466 e. The number of rotatable bonds is 4. The third-order valence-electron chi connectivity index (χ3n) is 1.99. The summed E-state index contributed by atoms with van der Waals surface area (Å²) in [4.78, 5) is 11.5. The molecule has 0 saturated carbocycles. The van der Waals surface area contributed by atoms with Crippen LogP contribution < -0.4 is 0 Å². The van der Waals surface area contributed by atoms with Crippen LogP contribution >= 0.6 is 0 Å². The van der Waals surface area contributed by atoms with Gasteiger partial charge in [0.05, 0.1) is 6.61 Å². The van der Waals surface area contributed by atoms with E-state index >= 15 is 0 Å². The Bertz CT molecular complexity index is 312. The van der Waals surface area contributed by atoms with Gasteiger partial charge >= 0.3 is 5.97 Å². The van der Waals surface area contributed by atoms with Crippen LogP contribution in [0, 0.1) is 13.8 Å². The predicted octanol–water partition coefficient (Wildman–Crippen LogP) is 2.85. The van der Waals surface area contributed by atoms with Crippen molar-refractivity contribution in [3.8, 4) is 0 Å². The lowest BCUT2D eigenvalue weighted by Crippen LogP contribution is -2.06. The standard InChI is InChI=1S/C11H16O3/c1-4-5-6-13-11(12)10-7-8(2)14-9(10)3/h7H,4-6H2,1-3H3. The number of carbonyl (C=O) groups is 1. The minimum Gasteiger partial charge on any atom is -0.466 e. The zero-order valence-corrected chi connectivity index (χ0v) is 8.92. The van der Waals surface area contributed by atoms with Crippen LogP contribution in [-0.4, -0.2) is 12.6 Å². The van der Waals surface area contributed by atoms with Gasteiger partial charge in [-0.2, -0.15) is 0 Å². The molecule has 1 aromatic heterocycles. The van der Waals surface area contributed by atoms with E-state index in [1.54, 1.807) is 13.0 Å². The molecule has 0 aliphatic rings. The fraction of sp³-hybridized carbons (Fsp3) is 0.545. The van der Waals surface area contributed by atoms with Crippen molar-refractivity contribution < 1.29 is 13.9 Å². The predicted molar refractivity (Wildman–Crippen MR) is 53.4 cm³/mol. The first kappa shape index (κ1) is 10.8. The lowest BCUT2D eigenvalue weighted by atomic mass is 10.2. The maximum absolute atomic E-state index is 11.5. The van der Waals surface area contributed by atoms with Crippen LogP contribution in [-0.2, 0) is 4.74 Å². The van der Waals surface area contributed by atoms with Gasteiger partial charge in [0.1, 0.15) is 17.1 Å². The maximum Gasteiger partial charge on any atom is 0.341 e. The highest BCUT2D eigenvalue weighted by Gasteiger charge is 2.14. The second kappa shape index (κ2) is 4.84. The lowest BCUT2D eigenvalue weighted by Gasteiger charge is -2.01. The summed E-state index contributed by atoms with van der Waals surface area (Å²) in [6, 6.07) is 1.71. The van der Waals surface area contributed by atoms with Crippen molar-refractivity contribution in [2.45, 2.75) is 33.6 Å². The van der Waals surface area contributed by atoms with Crippen LogP contribution in [0.25, 0.3) is 0 Å². The molecule has 0 saturated heterocycles. The van der Waals surface area contributed by atoms with Gasteiger partial charge in [0.2, 0.25) is 0 Å². The minimum atomic E-state index is -0.284. The first-order chi connectivity index (χ1) is 6.65. The molecule has 0 bridgehead atoms. The summed E-state index contributed by atoms with van der Waals surface area (Å²) < 4.78 is 10.3. The average molecular weight is 196 g/mol. The zero-order valence-electron chi connectivity index (χ0n) is 8.92. The van der Waals surface area contributed by atoms with Crippen molar-refractivity contribution >= 4 is 5.97 Å². The van der Waals surface area contributed by atoms with Gasteiger partial charge in [0, 0.05) is 0 Å². The molecule has 14 heavy (non-hydrogen) atoms. The second-order valence-electron chi connectivity index (χ2n) is 3.32. The molecule has 0 aliphatic carbocycles. The Hall–Kier alpha value is -1.25. The Morgan fingerprint density at radius 1 is 1.50 bits per heavy atom. The Labute approximate surface area is 84.1 Å². The Balaban J connectivity index is 2.56. The quantitative estimate of drug-likeness (QED) is 0.549. The number of aryl methyl sites for hydroxylation is 2. The summed E-state index contributed by atoms with van der Waals surface area (Å²) in [5.74, 6) is 1.08. The topological polar surface area (TPSA) is 39.4 Å². The van der Waals surface area contributed by atoms with Crippen molar-refractivity contribution in [3.05, 3.63) is 23.2 Å². The molecule has 0 radical (unpaired) electrons. The van der Waals surface area contributed by atoms with E-state index in [0.29, 0.717) is 17.9 Å². The lowest BCUT2D eigenvalue weighted by molar-refractivity contribution is 0.0498. The van der Waals surface area contributed by atoms with E-state index in [4.69, 9.17) is 9.15 Å². The Morgan fingerprint density at radius 3 is 2.71 bits per heavy atom. The van der Waals surface area contributed by atoms with E-state index in [2.05, 4.69) is 6.92 Å².